The monoisotopic (exact) mass is 339 g/mol. The molecule has 118 valence electrons. The fourth-order valence-electron chi connectivity index (χ4n) is 1.85. The van der Waals surface area contributed by atoms with Crippen LogP contribution in [0.15, 0.2) is 52.0 Å². The van der Waals surface area contributed by atoms with Gasteiger partial charge in [-0.25, -0.2) is 0 Å². The summed E-state index contributed by atoms with van der Waals surface area (Å²) in [5.74, 6) is 0.933. The third-order valence-corrected chi connectivity index (χ3v) is 4.62. The number of benzene rings is 1. The summed E-state index contributed by atoms with van der Waals surface area (Å²) in [5.41, 5.74) is -1.21. The number of carbonyl (C=O) groups is 1. The Labute approximate surface area is 138 Å². The Balaban J connectivity index is 1.73. The van der Waals surface area contributed by atoms with E-state index >= 15 is 0 Å². The average molecular weight is 340 g/mol. The minimum atomic E-state index is -1.21. The summed E-state index contributed by atoms with van der Waals surface area (Å²) in [5, 5.41) is 13.6. The highest BCUT2D eigenvalue weighted by atomic mass is 35.5. The van der Waals surface area contributed by atoms with Crippen LogP contribution in [0.4, 0.5) is 0 Å². The van der Waals surface area contributed by atoms with Crippen LogP contribution in [0.25, 0.3) is 0 Å². The first kappa shape index (κ1) is 16.9. The third kappa shape index (κ3) is 4.80. The Hall–Kier alpha value is -1.43. The van der Waals surface area contributed by atoms with Gasteiger partial charge in [0.25, 0.3) is 0 Å². The van der Waals surface area contributed by atoms with Crippen LogP contribution >= 0.6 is 23.4 Å². The summed E-state index contributed by atoms with van der Waals surface area (Å²) in [4.78, 5) is 12.8. The predicted octanol–water partition coefficient (Wildman–Crippen LogP) is 3.44. The maximum Gasteiger partial charge on any atom is 0.220 e. The molecular weight excluding hydrogens is 322 g/mol. The number of halogens is 1. The van der Waals surface area contributed by atoms with Crippen molar-refractivity contribution in [3.8, 4) is 0 Å². The smallest absolute Gasteiger partial charge is 0.220 e. The molecule has 1 heterocycles. The van der Waals surface area contributed by atoms with Crippen LogP contribution < -0.4 is 5.32 Å². The Morgan fingerprint density at radius 1 is 1.36 bits per heavy atom. The van der Waals surface area contributed by atoms with Crippen LogP contribution in [0.2, 0.25) is 5.02 Å². The van der Waals surface area contributed by atoms with Crippen molar-refractivity contribution in [1.82, 2.24) is 5.32 Å². The summed E-state index contributed by atoms with van der Waals surface area (Å²) in [7, 11) is 0. The van der Waals surface area contributed by atoms with Crippen molar-refractivity contribution in [2.75, 3.05) is 12.3 Å². The molecule has 0 aliphatic carbocycles. The van der Waals surface area contributed by atoms with E-state index in [-0.39, 0.29) is 12.5 Å². The summed E-state index contributed by atoms with van der Waals surface area (Å²) < 4.78 is 5.16. The molecule has 4 nitrogen and oxygen atoms in total. The first-order valence-electron chi connectivity index (χ1n) is 6.89. The fraction of sp³-hybridized carbons (Fsp3) is 0.312. The van der Waals surface area contributed by atoms with E-state index in [4.69, 9.17) is 16.0 Å². The maximum absolute atomic E-state index is 11.8. The minimum Gasteiger partial charge on any atom is -0.466 e. The molecule has 0 radical (unpaired) electrons. The fourth-order valence-corrected chi connectivity index (χ4v) is 3.03. The lowest BCUT2D eigenvalue weighted by molar-refractivity contribution is -0.122. The number of aliphatic hydroxyl groups is 1. The molecule has 0 bridgehead atoms. The van der Waals surface area contributed by atoms with Gasteiger partial charge in [0.05, 0.1) is 17.8 Å². The molecule has 1 aromatic carbocycles. The summed E-state index contributed by atoms with van der Waals surface area (Å²) in [6.07, 6.45) is 1.84. The van der Waals surface area contributed by atoms with E-state index in [1.807, 2.05) is 24.3 Å². The number of carbonyl (C=O) groups excluding carboxylic acids is 1. The predicted molar refractivity (Wildman–Crippen MR) is 88.1 cm³/mol. The lowest BCUT2D eigenvalue weighted by Crippen LogP contribution is -2.38. The zero-order valence-corrected chi connectivity index (χ0v) is 13.8. The Morgan fingerprint density at radius 3 is 2.82 bits per heavy atom. The van der Waals surface area contributed by atoms with E-state index in [9.17, 15) is 9.90 Å². The molecular formula is C16H18ClNO3S. The highest BCUT2D eigenvalue weighted by Gasteiger charge is 2.26. The molecule has 6 heteroatoms. The number of nitrogens with one attached hydrogen (secondary N) is 1. The van der Waals surface area contributed by atoms with E-state index in [0.717, 1.165) is 4.90 Å². The Morgan fingerprint density at radius 2 is 2.14 bits per heavy atom. The number of hydrogen-bond donors (Lipinski definition) is 2. The van der Waals surface area contributed by atoms with Crippen LogP contribution in [-0.4, -0.2) is 23.3 Å². The van der Waals surface area contributed by atoms with Crippen LogP contribution in [0, 0.1) is 0 Å². The van der Waals surface area contributed by atoms with Crippen LogP contribution in [0.1, 0.15) is 19.1 Å². The van der Waals surface area contributed by atoms with Gasteiger partial charge in [0.15, 0.2) is 0 Å². The van der Waals surface area contributed by atoms with E-state index in [1.165, 1.54) is 18.0 Å². The molecule has 0 aliphatic heterocycles. The molecule has 1 amide bonds. The SMILES string of the molecule is CC(O)(CNC(=O)CCSc1ccccc1Cl)c1ccco1. The van der Waals surface area contributed by atoms with E-state index in [1.54, 1.807) is 19.1 Å². The molecule has 1 aromatic heterocycles. The van der Waals surface area contributed by atoms with Crippen molar-refractivity contribution in [2.45, 2.75) is 23.8 Å². The number of hydrogen-bond acceptors (Lipinski definition) is 4. The van der Waals surface area contributed by atoms with Crippen LogP contribution in [0.3, 0.4) is 0 Å². The van der Waals surface area contributed by atoms with Gasteiger partial charge in [0.2, 0.25) is 5.91 Å². The number of furan rings is 1. The van der Waals surface area contributed by atoms with Gasteiger partial charge in [-0.05, 0) is 31.2 Å². The summed E-state index contributed by atoms with van der Waals surface area (Å²) in [6, 6.07) is 10.9. The Bertz CT molecular complexity index is 614. The maximum atomic E-state index is 11.8. The number of amides is 1. The van der Waals surface area contributed by atoms with Crippen molar-refractivity contribution >= 4 is 29.3 Å². The number of rotatable bonds is 7. The molecule has 0 spiro atoms. The highest BCUT2D eigenvalue weighted by molar-refractivity contribution is 7.99. The van der Waals surface area contributed by atoms with Crippen molar-refractivity contribution < 1.29 is 14.3 Å². The molecule has 0 fully saturated rings. The van der Waals surface area contributed by atoms with E-state index < -0.39 is 5.60 Å². The van der Waals surface area contributed by atoms with Crippen molar-refractivity contribution in [3.05, 3.63) is 53.4 Å². The standard InChI is InChI=1S/C16H18ClNO3S/c1-16(20,14-7-4-9-21-14)11-18-15(19)8-10-22-13-6-3-2-5-12(13)17/h2-7,9,20H,8,10-11H2,1H3,(H,18,19). The molecule has 0 saturated heterocycles. The van der Waals surface area contributed by atoms with E-state index in [0.29, 0.717) is 23.0 Å². The van der Waals surface area contributed by atoms with Gasteiger partial charge < -0.3 is 14.8 Å². The lowest BCUT2D eigenvalue weighted by Gasteiger charge is -2.21. The zero-order chi connectivity index (χ0) is 16.0. The third-order valence-electron chi connectivity index (χ3n) is 3.11. The highest BCUT2D eigenvalue weighted by Crippen LogP contribution is 2.27. The average Bonchev–Trinajstić information content (AvgIpc) is 3.02. The van der Waals surface area contributed by atoms with Crippen LogP contribution in [-0.2, 0) is 10.4 Å². The second-order valence-electron chi connectivity index (χ2n) is 5.06. The molecule has 2 N–H and O–H groups in total. The molecule has 1 unspecified atom stereocenters. The van der Waals surface area contributed by atoms with E-state index in [2.05, 4.69) is 5.32 Å². The van der Waals surface area contributed by atoms with Crippen LogP contribution in [0.5, 0.6) is 0 Å². The van der Waals surface area contributed by atoms with Crippen molar-refractivity contribution in [2.24, 2.45) is 0 Å². The molecule has 2 rings (SSSR count). The molecule has 22 heavy (non-hydrogen) atoms. The summed E-state index contributed by atoms with van der Waals surface area (Å²) >= 11 is 7.59. The van der Waals surface area contributed by atoms with Gasteiger partial charge in [-0.1, -0.05) is 23.7 Å². The van der Waals surface area contributed by atoms with Gasteiger partial charge in [0.1, 0.15) is 11.4 Å². The second-order valence-corrected chi connectivity index (χ2v) is 6.60. The first-order chi connectivity index (χ1) is 10.5. The van der Waals surface area contributed by atoms with Gasteiger partial charge >= 0.3 is 0 Å². The zero-order valence-electron chi connectivity index (χ0n) is 12.2. The first-order valence-corrected chi connectivity index (χ1v) is 8.26. The molecule has 0 aliphatic rings. The lowest BCUT2D eigenvalue weighted by atomic mass is 10.0. The minimum absolute atomic E-state index is 0.107. The normalized spacial score (nSPS) is 13.6. The summed E-state index contributed by atoms with van der Waals surface area (Å²) in [6.45, 7) is 1.71. The van der Waals surface area contributed by atoms with Crippen molar-refractivity contribution in [1.29, 1.82) is 0 Å². The largest absolute Gasteiger partial charge is 0.466 e. The molecule has 0 saturated carbocycles. The van der Waals surface area contributed by atoms with Crippen molar-refractivity contribution in [3.63, 3.8) is 0 Å². The molecule has 2 aromatic rings. The van der Waals surface area contributed by atoms with Gasteiger partial charge in [-0.3, -0.25) is 4.79 Å². The van der Waals surface area contributed by atoms with Gasteiger partial charge in [-0.2, -0.15) is 0 Å². The van der Waals surface area contributed by atoms with Gasteiger partial charge in [0, 0.05) is 17.1 Å². The topological polar surface area (TPSA) is 62.5 Å². The Kier molecular flexibility index (Phi) is 5.94. The second kappa shape index (κ2) is 7.72. The number of thioether (sulfide) groups is 1. The van der Waals surface area contributed by atoms with Gasteiger partial charge in [-0.15, -0.1) is 11.8 Å². The molecule has 1 atom stereocenters. The quantitative estimate of drug-likeness (QED) is 0.758.